The zero-order chi connectivity index (χ0) is 18.8. The van der Waals surface area contributed by atoms with Crippen LogP contribution in [-0.2, 0) is 4.79 Å². The van der Waals surface area contributed by atoms with Gasteiger partial charge in [0.25, 0.3) is 0 Å². The van der Waals surface area contributed by atoms with Crippen LogP contribution in [-0.4, -0.2) is 40.4 Å². The Bertz CT molecular complexity index is 930. The van der Waals surface area contributed by atoms with Gasteiger partial charge in [-0.25, -0.2) is 9.97 Å². The quantitative estimate of drug-likeness (QED) is 0.734. The van der Waals surface area contributed by atoms with E-state index < -0.39 is 0 Å². The van der Waals surface area contributed by atoms with Gasteiger partial charge in [-0.05, 0) is 29.9 Å². The van der Waals surface area contributed by atoms with Crippen molar-refractivity contribution in [2.45, 2.75) is 20.3 Å². The monoisotopic (exact) mass is 380 g/mol. The van der Waals surface area contributed by atoms with Crippen molar-refractivity contribution in [1.29, 1.82) is 0 Å². The normalized spacial score (nSPS) is 20.0. The molecule has 1 N–H and O–H groups in total. The number of nitrogens with one attached hydrogen (secondary N) is 1. The van der Waals surface area contributed by atoms with E-state index in [1.807, 2.05) is 23.1 Å². The number of hydrogen-bond acceptors (Lipinski definition) is 5. The second kappa shape index (κ2) is 7.64. The number of carbonyl (C=O) groups excluding carboxylic acids is 1. The maximum absolute atomic E-state index is 12.6. The Balaban J connectivity index is 1.50. The number of carbonyl (C=O) groups is 1. The van der Waals surface area contributed by atoms with Crippen LogP contribution in [0.25, 0.3) is 20.7 Å². The van der Waals surface area contributed by atoms with Gasteiger partial charge >= 0.3 is 0 Å². The molecular weight excluding hydrogens is 356 g/mol. The smallest absolute Gasteiger partial charge is 0.241 e. The summed E-state index contributed by atoms with van der Waals surface area (Å²) in [5.41, 5.74) is 1.17. The molecule has 1 aromatic carbocycles. The molecule has 1 aliphatic heterocycles. The van der Waals surface area contributed by atoms with Gasteiger partial charge in [-0.1, -0.05) is 44.2 Å². The van der Waals surface area contributed by atoms with Crippen LogP contribution in [0.1, 0.15) is 20.3 Å². The largest absolute Gasteiger partial charge is 0.360 e. The molecule has 2 aromatic heterocycles. The second-order valence-corrected chi connectivity index (χ2v) is 8.55. The number of piperidine rings is 1. The number of benzene rings is 1. The molecule has 1 saturated heterocycles. The van der Waals surface area contributed by atoms with Crippen LogP contribution in [0, 0.1) is 11.8 Å². The van der Waals surface area contributed by atoms with E-state index >= 15 is 0 Å². The van der Waals surface area contributed by atoms with Gasteiger partial charge in [-0.15, -0.1) is 11.3 Å². The van der Waals surface area contributed by atoms with E-state index in [1.54, 1.807) is 17.7 Å². The Morgan fingerprint density at radius 1 is 1.19 bits per heavy atom. The molecule has 0 spiro atoms. The van der Waals surface area contributed by atoms with Crippen LogP contribution >= 0.6 is 11.3 Å². The van der Waals surface area contributed by atoms with Gasteiger partial charge < -0.3 is 10.2 Å². The van der Waals surface area contributed by atoms with Crippen molar-refractivity contribution in [3.8, 4) is 10.4 Å². The number of thiophene rings is 1. The van der Waals surface area contributed by atoms with Crippen molar-refractivity contribution in [2.75, 3.05) is 25.0 Å². The van der Waals surface area contributed by atoms with Gasteiger partial charge in [-0.3, -0.25) is 4.79 Å². The van der Waals surface area contributed by atoms with Crippen LogP contribution in [0.5, 0.6) is 0 Å². The molecule has 1 fully saturated rings. The van der Waals surface area contributed by atoms with Crippen LogP contribution in [0.15, 0.2) is 42.7 Å². The van der Waals surface area contributed by atoms with Gasteiger partial charge in [0.2, 0.25) is 5.91 Å². The molecule has 5 nitrogen and oxygen atoms in total. The first-order valence-electron chi connectivity index (χ1n) is 9.41. The summed E-state index contributed by atoms with van der Waals surface area (Å²) in [5.74, 6) is 1.99. The summed E-state index contributed by atoms with van der Waals surface area (Å²) in [5, 5.41) is 4.21. The minimum atomic E-state index is 0.138. The molecular formula is C21H24N4OS. The molecule has 0 bridgehead atoms. The Morgan fingerprint density at radius 2 is 1.93 bits per heavy atom. The Labute approximate surface area is 163 Å². The van der Waals surface area contributed by atoms with Crippen LogP contribution < -0.4 is 5.32 Å². The number of aromatic nitrogens is 2. The number of hydrogen-bond donors (Lipinski definition) is 1. The topological polar surface area (TPSA) is 58.1 Å². The number of nitrogens with zero attached hydrogens (tertiary/aromatic N) is 3. The second-order valence-electron chi connectivity index (χ2n) is 7.52. The number of amides is 1. The van der Waals surface area contributed by atoms with Crippen LogP contribution in [0.2, 0.25) is 0 Å². The van der Waals surface area contributed by atoms with Crippen molar-refractivity contribution >= 4 is 33.3 Å². The molecule has 3 aromatic rings. The first kappa shape index (κ1) is 17.9. The lowest BCUT2D eigenvalue weighted by Gasteiger charge is -2.35. The third-order valence-electron chi connectivity index (χ3n) is 5.02. The highest BCUT2D eigenvalue weighted by Crippen LogP contribution is 2.34. The number of rotatable bonds is 4. The molecule has 2 atom stereocenters. The molecule has 0 aliphatic carbocycles. The summed E-state index contributed by atoms with van der Waals surface area (Å²) in [6.45, 7) is 6.39. The van der Waals surface area contributed by atoms with E-state index in [2.05, 4.69) is 47.3 Å². The van der Waals surface area contributed by atoms with E-state index in [-0.39, 0.29) is 12.5 Å². The molecule has 0 saturated carbocycles. The Morgan fingerprint density at radius 3 is 2.67 bits per heavy atom. The lowest BCUT2D eigenvalue weighted by atomic mass is 9.92. The summed E-state index contributed by atoms with van der Waals surface area (Å²) in [6, 6.07) is 12.4. The van der Waals surface area contributed by atoms with Gasteiger partial charge in [0.15, 0.2) is 0 Å². The molecule has 4 rings (SSSR count). The average Bonchev–Trinajstić information content (AvgIpc) is 3.11. The van der Waals surface area contributed by atoms with Gasteiger partial charge in [0, 0.05) is 18.0 Å². The van der Waals surface area contributed by atoms with Crippen molar-refractivity contribution in [3.63, 3.8) is 0 Å². The van der Waals surface area contributed by atoms with Crippen LogP contribution in [0.3, 0.4) is 0 Å². The van der Waals surface area contributed by atoms with E-state index in [0.29, 0.717) is 11.8 Å². The summed E-state index contributed by atoms with van der Waals surface area (Å²) in [6.07, 6.45) is 2.76. The van der Waals surface area contributed by atoms with Crippen molar-refractivity contribution in [3.05, 3.63) is 42.7 Å². The molecule has 1 amide bonds. The zero-order valence-electron chi connectivity index (χ0n) is 15.7. The summed E-state index contributed by atoms with van der Waals surface area (Å²) < 4.78 is 0. The summed E-state index contributed by atoms with van der Waals surface area (Å²) in [7, 11) is 0. The molecule has 6 heteroatoms. The van der Waals surface area contributed by atoms with E-state index in [4.69, 9.17) is 0 Å². The fourth-order valence-corrected chi connectivity index (χ4v) is 4.88. The van der Waals surface area contributed by atoms with Crippen LogP contribution in [0.4, 0.5) is 5.82 Å². The van der Waals surface area contributed by atoms with Crippen molar-refractivity contribution in [2.24, 2.45) is 11.8 Å². The third-order valence-corrected chi connectivity index (χ3v) is 6.11. The summed E-state index contributed by atoms with van der Waals surface area (Å²) >= 11 is 1.64. The van der Waals surface area contributed by atoms with E-state index in [1.165, 1.54) is 12.0 Å². The minimum absolute atomic E-state index is 0.138. The molecule has 0 radical (unpaired) electrons. The first-order chi connectivity index (χ1) is 13.1. The minimum Gasteiger partial charge on any atom is -0.360 e. The molecule has 3 heterocycles. The van der Waals surface area contributed by atoms with Crippen molar-refractivity contribution in [1.82, 2.24) is 14.9 Å². The van der Waals surface area contributed by atoms with E-state index in [0.717, 1.165) is 34.0 Å². The van der Waals surface area contributed by atoms with Gasteiger partial charge in [0.05, 0.1) is 11.9 Å². The Kier molecular flexibility index (Phi) is 5.07. The molecule has 1 aliphatic rings. The third kappa shape index (κ3) is 3.95. The predicted molar refractivity (Wildman–Crippen MR) is 111 cm³/mol. The van der Waals surface area contributed by atoms with Crippen molar-refractivity contribution < 1.29 is 4.79 Å². The SMILES string of the molecule is CC1CC(C)CN(C(=O)CNc2ncnc3sc(-c4ccccc4)cc23)C1. The lowest BCUT2D eigenvalue weighted by Crippen LogP contribution is -2.44. The maximum atomic E-state index is 12.6. The van der Waals surface area contributed by atoms with Gasteiger partial charge in [0.1, 0.15) is 17.0 Å². The molecule has 2 unspecified atom stereocenters. The fourth-order valence-electron chi connectivity index (χ4n) is 3.88. The number of fused-ring (bicyclic) bond motifs is 1. The average molecular weight is 381 g/mol. The molecule has 140 valence electrons. The highest BCUT2D eigenvalue weighted by atomic mass is 32.1. The maximum Gasteiger partial charge on any atom is 0.241 e. The van der Waals surface area contributed by atoms with E-state index in [9.17, 15) is 4.79 Å². The van der Waals surface area contributed by atoms with Gasteiger partial charge in [-0.2, -0.15) is 0 Å². The molecule has 27 heavy (non-hydrogen) atoms. The predicted octanol–water partition coefficient (Wildman–Crippen LogP) is 4.27. The lowest BCUT2D eigenvalue weighted by molar-refractivity contribution is -0.131. The first-order valence-corrected chi connectivity index (χ1v) is 10.2. The Hall–Kier alpha value is -2.47. The standard InChI is InChI=1S/C21H24N4OS/c1-14-8-15(2)12-25(11-14)19(26)10-22-20-17-9-18(16-6-4-3-5-7-16)27-21(17)24-13-23-20/h3-7,9,13-15H,8,10-12H2,1-2H3,(H,22,23,24). The highest BCUT2D eigenvalue weighted by molar-refractivity contribution is 7.21. The summed E-state index contributed by atoms with van der Waals surface area (Å²) in [4.78, 5) is 25.5. The number of likely N-dealkylation sites (tertiary alicyclic amines) is 1. The zero-order valence-corrected chi connectivity index (χ0v) is 16.5. The number of anilines is 1. The fraction of sp³-hybridized carbons (Fsp3) is 0.381. The highest BCUT2D eigenvalue weighted by Gasteiger charge is 2.25.